The van der Waals surface area contributed by atoms with Crippen LogP contribution in [0.25, 0.3) is 16.2 Å². The van der Waals surface area contributed by atoms with Crippen molar-refractivity contribution in [1.82, 2.24) is 14.6 Å². The Morgan fingerprint density at radius 3 is 2.77 bits per heavy atom. The van der Waals surface area contributed by atoms with E-state index in [2.05, 4.69) is 16.4 Å². The van der Waals surface area contributed by atoms with Crippen molar-refractivity contribution in [1.29, 1.82) is 5.26 Å². The quantitative estimate of drug-likeness (QED) is 0.405. The second-order valence-corrected chi connectivity index (χ2v) is 7.32. The van der Waals surface area contributed by atoms with Crippen LogP contribution in [-0.2, 0) is 6.54 Å². The number of thioether (sulfide) groups is 1. The molecular weight excluding hydrogens is 362 g/mol. The summed E-state index contributed by atoms with van der Waals surface area (Å²) in [7, 11) is 0. The van der Waals surface area contributed by atoms with Gasteiger partial charge in [0.25, 0.3) is 0 Å². The Morgan fingerprint density at radius 2 is 2.08 bits per heavy atom. The molecule has 4 rings (SSSR count). The minimum Gasteiger partial charge on any atom is -0.365 e. The number of aromatic nitrogens is 3. The summed E-state index contributed by atoms with van der Waals surface area (Å²) in [5.41, 5.74) is 3.24. The van der Waals surface area contributed by atoms with E-state index in [0.29, 0.717) is 23.0 Å². The van der Waals surface area contributed by atoms with E-state index in [1.54, 1.807) is 15.9 Å². The molecule has 0 aliphatic carbocycles. The number of nitrogens with zero attached hydrogens (tertiary/aromatic N) is 4. The van der Waals surface area contributed by atoms with Crippen molar-refractivity contribution in [2.45, 2.75) is 11.6 Å². The number of hydrogen-bond acceptors (Lipinski definition) is 6. The van der Waals surface area contributed by atoms with Gasteiger partial charge in [0.15, 0.2) is 11.5 Å². The Kier molecular flexibility index (Phi) is 4.61. The Morgan fingerprint density at radius 1 is 1.23 bits per heavy atom. The van der Waals surface area contributed by atoms with Crippen molar-refractivity contribution in [2.75, 3.05) is 11.6 Å². The standard InChI is InChI=1S/C19H15N5S2/c1-25-19-14(11-20)18(21-12-13-6-3-2-4-7-13)24-17(22-19)10-15(23-24)16-8-5-9-26-16/h2-10,21H,12H2,1H3. The highest BCUT2D eigenvalue weighted by molar-refractivity contribution is 7.98. The predicted octanol–water partition coefficient (Wildman–Crippen LogP) is 4.66. The largest absolute Gasteiger partial charge is 0.365 e. The fraction of sp³-hybridized carbons (Fsp3) is 0.105. The molecule has 0 saturated heterocycles. The summed E-state index contributed by atoms with van der Waals surface area (Å²) < 4.78 is 1.73. The van der Waals surface area contributed by atoms with Crippen LogP contribution < -0.4 is 5.32 Å². The Balaban J connectivity index is 1.83. The van der Waals surface area contributed by atoms with Crippen LogP contribution in [0.15, 0.2) is 58.9 Å². The molecule has 1 N–H and O–H groups in total. The fourth-order valence-electron chi connectivity index (χ4n) is 2.72. The van der Waals surface area contributed by atoms with E-state index in [9.17, 15) is 5.26 Å². The highest BCUT2D eigenvalue weighted by atomic mass is 32.2. The summed E-state index contributed by atoms with van der Waals surface area (Å²) in [4.78, 5) is 5.69. The summed E-state index contributed by atoms with van der Waals surface area (Å²) in [5.74, 6) is 0.675. The van der Waals surface area contributed by atoms with Crippen molar-refractivity contribution >= 4 is 34.6 Å². The molecule has 0 radical (unpaired) electrons. The van der Waals surface area contributed by atoms with Gasteiger partial charge in [-0.15, -0.1) is 23.1 Å². The van der Waals surface area contributed by atoms with E-state index < -0.39 is 0 Å². The molecule has 0 saturated carbocycles. The third-order valence-corrected chi connectivity index (χ3v) is 5.53. The maximum absolute atomic E-state index is 9.70. The van der Waals surface area contributed by atoms with Crippen LogP contribution >= 0.6 is 23.1 Å². The van der Waals surface area contributed by atoms with Gasteiger partial charge in [-0.3, -0.25) is 0 Å². The van der Waals surface area contributed by atoms with Gasteiger partial charge in [0.05, 0.1) is 4.88 Å². The van der Waals surface area contributed by atoms with Crippen LogP contribution in [0.4, 0.5) is 5.82 Å². The molecule has 26 heavy (non-hydrogen) atoms. The topological polar surface area (TPSA) is 66.0 Å². The minimum atomic E-state index is 0.516. The number of hydrogen-bond donors (Lipinski definition) is 1. The lowest BCUT2D eigenvalue weighted by Gasteiger charge is -2.12. The molecule has 3 aromatic heterocycles. The highest BCUT2D eigenvalue weighted by Gasteiger charge is 2.17. The van der Waals surface area contributed by atoms with Gasteiger partial charge in [0.1, 0.15) is 22.4 Å². The van der Waals surface area contributed by atoms with Crippen molar-refractivity contribution in [3.8, 4) is 16.6 Å². The Labute approximate surface area is 159 Å². The molecule has 0 amide bonds. The van der Waals surface area contributed by atoms with Gasteiger partial charge < -0.3 is 5.32 Å². The maximum atomic E-state index is 9.70. The zero-order chi connectivity index (χ0) is 17.9. The molecule has 0 spiro atoms. The molecule has 128 valence electrons. The second-order valence-electron chi connectivity index (χ2n) is 5.57. The van der Waals surface area contributed by atoms with Crippen LogP contribution in [0.5, 0.6) is 0 Å². The van der Waals surface area contributed by atoms with Crippen LogP contribution in [-0.4, -0.2) is 20.9 Å². The summed E-state index contributed by atoms with van der Waals surface area (Å²) in [6.45, 7) is 0.608. The number of thiophene rings is 1. The normalized spacial score (nSPS) is 10.8. The van der Waals surface area contributed by atoms with E-state index in [4.69, 9.17) is 5.10 Å². The minimum absolute atomic E-state index is 0.516. The maximum Gasteiger partial charge on any atom is 0.159 e. The molecule has 0 aliphatic heterocycles. The lowest BCUT2D eigenvalue weighted by atomic mass is 10.2. The van der Waals surface area contributed by atoms with Gasteiger partial charge in [-0.2, -0.15) is 14.9 Å². The monoisotopic (exact) mass is 377 g/mol. The Hall–Kier alpha value is -2.82. The first-order valence-corrected chi connectivity index (χ1v) is 10.1. The van der Waals surface area contributed by atoms with Gasteiger partial charge >= 0.3 is 0 Å². The molecule has 3 heterocycles. The predicted molar refractivity (Wildman–Crippen MR) is 107 cm³/mol. The highest BCUT2D eigenvalue weighted by Crippen LogP contribution is 2.30. The molecule has 7 heteroatoms. The third kappa shape index (κ3) is 3.05. The van der Waals surface area contributed by atoms with Crippen molar-refractivity contribution < 1.29 is 0 Å². The molecule has 0 aliphatic rings. The number of rotatable bonds is 5. The molecule has 5 nitrogen and oxygen atoms in total. The zero-order valence-electron chi connectivity index (χ0n) is 14.0. The lowest BCUT2D eigenvalue weighted by Crippen LogP contribution is -2.09. The van der Waals surface area contributed by atoms with E-state index in [1.165, 1.54) is 11.8 Å². The SMILES string of the molecule is CSc1nc2cc(-c3cccs3)nn2c(NCc2ccccc2)c1C#N. The van der Waals surface area contributed by atoms with Crippen molar-refractivity contribution in [3.63, 3.8) is 0 Å². The number of nitrogens with one attached hydrogen (secondary N) is 1. The number of anilines is 1. The summed E-state index contributed by atoms with van der Waals surface area (Å²) in [6.07, 6.45) is 1.93. The molecule has 0 atom stereocenters. The average molecular weight is 377 g/mol. The summed E-state index contributed by atoms with van der Waals surface area (Å²) >= 11 is 3.10. The van der Waals surface area contributed by atoms with Crippen LogP contribution in [0, 0.1) is 11.3 Å². The number of nitriles is 1. The van der Waals surface area contributed by atoms with Gasteiger partial charge in [-0.25, -0.2) is 4.98 Å². The molecule has 4 aromatic rings. The second kappa shape index (κ2) is 7.20. The number of fused-ring (bicyclic) bond motifs is 1. The third-order valence-electron chi connectivity index (χ3n) is 3.95. The van der Waals surface area contributed by atoms with Gasteiger partial charge in [-0.05, 0) is 23.3 Å². The fourth-order valence-corrected chi connectivity index (χ4v) is 3.93. The first kappa shape index (κ1) is 16.6. The number of benzene rings is 1. The first-order valence-electron chi connectivity index (χ1n) is 7.99. The van der Waals surface area contributed by atoms with E-state index in [0.717, 1.165) is 21.8 Å². The van der Waals surface area contributed by atoms with Crippen LogP contribution in [0.1, 0.15) is 11.1 Å². The molecule has 1 aromatic carbocycles. The summed E-state index contributed by atoms with van der Waals surface area (Å²) in [6, 6.07) is 18.4. The zero-order valence-corrected chi connectivity index (χ0v) is 15.6. The molecule has 0 unspecified atom stereocenters. The van der Waals surface area contributed by atoms with Crippen molar-refractivity contribution in [2.24, 2.45) is 0 Å². The van der Waals surface area contributed by atoms with E-state index in [1.807, 2.05) is 60.2 Å². The Bertz CT molecular complexity index is 1080. The van der Waals surface area contributed by atoms with Crippen LogP contribution in [0.2, 0.25) is 0 Å². The first-order chi connectivity index (χ1) is 12.8. The van der Waals surface area contributed by atoms with Crippen LogP contribution in [0.3, 0.4) is 0 Å². The smallest absolute Gasteiger partial charge is 0.159 e. The van der Waals surface area contributed by atoms with Gasteiger partial charge in [-0.1, -0.05) is 36.4 Å². The van der Waals surface area contributed by atoms with Crippen molar-refractivity contribution in [3.05, 3.63) is 65.0 Å². The van der Waals surface area contributed by atoms with E-state index >= 15 is 0 Å². The lowest BCUT2D eigenvalue weighted by molar-refractivity contribution is 0.901. The van der Waals surface area contributed by atoms with Gasteiger partial charge in [0, 0.05) is 12.6 Å². The summed E-state index contributed by atoms with van der Waals surface area (Å²) in [5, 5.41) is 20.5. The van der Waals surface area contributed by atoms with E-state index in [-0.39, 0.29) is 0 Å². The average Bonchev–Trinajstić information content (AvgIpc) is 3.35. The molecular formula is C19H15N5S2. The van der Waals surface area contributed by atoms with Gasteiger partial charge in [0.2, 0.25) is 0 Å². The molecule has 0 fully saturated rings. The molecule has 0 bridgehead atoms.